The minimum Gasteiger partial charge on any atom is -0.200 e. The summed E-state index contributed by atoms with van der Waals surface area (Å²) in [7, 11) is 2.17. The lowest BCUT2D eigenvalue weighted by Gasteiger charge is -2.15. The molecule has 128 valence electrons. The molecule has 0 unspecified atom stereocenters. The third-order valence-electron chi connectivity index (χ3n) is 5.96. The molecule has 1 aromatic heterocycles. The number of fused-ring (bicyclic) bond motifs is 1. The average Bonchev–Trinajstić information content (AvgIpc) is 3.16. The van der Waals surface area contributed by atoms with Gasteiger partial charge >= 0.3 is 0 Å². The van der Waals surface area contributed by atoms with Gasteiger partial charge in [0.15, 0.2) is 6.20 Å². The molecule has 0 radical (unpaired) electrons. The third kappa shape index (κ3) is 2.86. The van der Waals surface area contributed by atoms with Crippen molar-refractivity contribution >= 4 is 10.8 Å². The zero-order chi connectivity index (χ0) is 17.4. The van der Waals surface area contributed by atoms with Crippen molar-refractivity contribution in [1.82, 2.24) is 0 Å². The van der Waals surface area contributed by atoms with Crippen LogP contribution in [0.25, 0.3) is 22.0 Å². The van der Waals surface area contributed by atoms with Gasteiger partial charge in [-0.1, -0.05) is 44.0 Å². The fourth-order valence-electron chi connectivity index (χ4n) is 4.57. The van der Waals surface area contributed by atoms with Crippen molar-refractivity contribution in [1.29, 1.82) is 0 Å². The lowest BCUT2D eigenvalue weighted by Crippen LogP contribution is -2.30. The monoisotopic (exact) mass is 330 g/mol. The highest BCUT2D eigenvalue weighted by molar-refractivity contribution is 5.95. The van der Waals surface area contributed by atoms with E-state index >= 15 is 0 Å². The average molecular weight is 330 g/mol. The highest BCUT2D eigenvalue weighted by atomic mass is 14.9. The maximum atomic E-state index is 2.36. The number of hydrogen-bond acceptors (Lipinski definition) is 0. The largest absolute Gasteiger partial charge is 0.220 e. The van der Waals surface area contributed by atoms with Crippen LogP contribution >= 0.6 is 0 Å². The van der Waals surface area contributed by atoms with Crippen LogP contribution < -0.4 is 4.57 Å². The van der Waals surface area contributed by atoms with Gasteiger partial charge in [0.2, 0.25) is 5.69 Å². The first kappa shape index (κ1) is 16.3. The predicted molar refractivity (Wildman–Crippen MR) is 106 cm³/mol. The van der Waals surface area contributed by atoms with E-state index in [0.717, 1.165) is 12.3 Å². The molecule has 1 heteroatoms. The summed E-state index contributed by atoms with van der Waals surface area (Å²) in [5.74, 6) is 0.743. The summed E-state index contributed by atoms with van der Waals surface area (Å²) in [6, 6.07) is 16.2. The van der Waals surface area contributed by atoms with Crippen molar-refractivity contribution in [3.8, 4) is 11.3 Å². The Morgan fingerprint density at radius 2 is 1.80 bits per heavy atom. The molecule has 1 heterocycles. The molecule has 4 rings (SSSR count). The molecular weight excluding hydrogens is 302 g/mol. The molecule has 0 amide bonds. The Morgan fingerprint density at radius 1 is 1.00 bits per heavy atom. The van der Waals surface area contributed by atoms with Crippen molar-refractivity contribution in [2.75, 3.05) is 0 Å². The van der Waals surface area contributed by atoms with E-state index < -0.39 is 0 Å². The number of nitrogens with zero attached hydrogens (tertiary/aromatic N) is 1. The Bertz CT molecular complexity index is 917. The van der Waals surface area contributed by atoms with Gasteiger partial charge in [-0.2, -0.15) is 0 Å². The standard InChI is InChI=1S/C24H28N/c1-4-18-12-13-20(17(2)16-18)24-23-11-7-10-21(19-8-5-6-9-19)22(23)14-15-25(24)3/h7,10-16,19H,4-6,8-9H2,1-3H3/q+1. The molecule has 3 aromatic rings. The quantitative estimate of drug-likeness (QED) is 0.530. The third-order valence-corrected chi connectivity index (χ3v) is 5.96. The maximum Gasteiger partial charge on any atom is 0.220 e. The molecule has 1 saturated carbocycles. The summed E-state index contributed by atoms with van der Waals surface area (Å²) in [5.41, 5.74) is 7.04. The van der Waals surface area contributed by atoms with Crippen molar-refractivity contribution in [3.63, 3.8) is 0 Å². The molecule has 0 atom stereocenters. The van der Waals surface area contributed by atoms with Gasteiger partial charge in [0, 0.05) is 11.6 Å². The van der Waals surface area contributed by atoms with E-state index in [1.807, 2.05) is 0 Å². The molecule has 1 aliphatic rings. The Kier molecular flexibility index (Phi) is 4.33. The first-order valence-electron chi connectivity index (χ1n) is 9.70. The van der Waals surface area contributed by atoms with Gasteiger partial charge in [-0.25, -0.2) is 4.57 Å². The van der Waals surface area contributed by atoms with Crippen LogP contribution in [0, 0.1) is 6.92 Å². The Morgan fingerprint density at radius 3 is 2.52 bits per heavy atom. The molecule has 2 aromatic carbocycles. The zero-order valence-corrected chi connectivity index (χ0v) is 15.7. The number of rotatable bonds is 3. The SMILES string of the molecule is CCc1ccc(-c2c3cccc(C4CCCC4)c3cc[n+]2C)c(C)c1. The summed E-state index contributed by atoms with van der Waals surface area (Å²) in [6.45, 7) is 4.47. The number of benzene rings is 2. The first-order valence-corrected chi connectivity index (χ1v) is 9.70. The van der Waals surface area contributed by atoms with Crippen LogP contribution in [0.2, 0.25) is 0 Å². The molecule has 0 aliphatic heterocycles. The van der Waals surface area contributed by atoms with Crippen LogP contribution in [0.5, 0.6) is 0 Å². The van der Waals surface area contributed by atoms with Crippen molar-refractivity contribution in [3.05, 3.63) is 65.4 Å². The molecule has 1 nitrogen and oxygen atoms in total. The van der Waals surface area contributed by atoms with E-state index in [0.29, 0.717) is 0 Å². The molecule has 0 saturated heterocycles. The highest BCUT2D eigenvalue weighted by Crippen LogP contribution is 2.39. The summed E-state index contributed by atoms with van der Waals surface area (Å²) in [4.78, 5) is 0. The zero-order valence-electron chi connectivity index (χ0n) is 15.7. The summed E-state index contributed by atoms with van der Waals surface area (Å²) in [5, 5.41) is 2.84. The van der Waals surface area contributed by atoms with Gasteiger partial charge in [0.1, 0.15) is 7.05 Å². The van der Waals surface area contributed by atoms with Gasteiger partial charge in [0.05, 0.1) is 5.39 Å². The van der Waals surface area contributed by atoms with Crippen LogP contribution in [0.15, 0.2) is 48.7 Å². The van der Waals surface area contributed by atoms with Crippen LogP contribution in [0.3, 0.4) is 0 Å². The van der Waals surface area contributed by atoms with Gasteiger partial charge < -0.3 is 0 Å². The van der Waals surface area contributed by atoms with Crippen LogP contribution in [-0.2, 0) is 13.5 Å². The van der Waals surface area contributed by atoms with Crippen LogP contribution in [0.1, 0.15) is 55.2 Å². The molecule has 0 bridgehead atoms. The van der Waals surface area contributed by atoms with E-state index in [1.54, 1.807) is 5.56 Å². The van der Waals surface area contributed by atoms with Crippen molar-refractivity contribution in [2.24, 2.45) is 7.05 Å². The van der Waals surface area contributed by atoms with E-state index in [-0.39, 0.29) is 0 Å². The Labute approximate surface area is 151 Å². The maximum absolute atomic E-state index is 2.36. The summed E-state index contributed by atoms with van der Waals surface area (Å²) in [6.07, 6.45) is 8.79. The molecule has 1 aliphatic carbocycles. The van der Waals surface area contributed by atoms with E-state index in [2.05, 4.69) is 74.1 Å². The number of aromatic nitrogens is 1. The lowest BCUT2D eigenvalue weighted by atomic mass is 9.90. The molecule has 25 heavy (non-hydrogen) atoms. The fraction of sp³-hybridized carbons (Fsp3) is 0.375. The second kappa shape index (κ2) is 6.63. The fourth-order valence-corrected chi connectivity index (χ4v) is 4.57. The molecule has 0 N–H and O–H groups in total. The topological polar surface area (TPSA) is 3.88 Å². The number of pyridine rings is 1. The van der Waals surface area contributed by atoms with Gasteiger partial charge in [-0.05, 0) is 66.3 Å². The minimum absolute atomic E-state index is 0.743. The van der Waals surface area contributed by atoms with Crippen molar-refractivity contribution in [2.45, 2.75) is 51.9 Å². The second-order valence-electron chi connectivity index (χ2n) is 7.57. The van der Waals surface area contributed by atoms with E-state index in [1.165, 1.54) is 58.8 Å². The molecule has 0 spiro atoms. The molecule has 1 fully saturated rings. The van der Waals surface area contributed by atoms with Gasteiger partial charge in [-0.3, -0.25) is 0 Å². The normalized spacial score (nSPS) is 15.2. The summed E-state index contributed by atoms with van der Waals surface area (Å²) >= 11 is 0. The Hall–Kier alpha value is -2.15. The van der Waals surface area contributed by atoms with Gasteiger partial charge in [0.25, 0.3) is 0 Å². The highest BCUT2D eigenvalue weighted by Gasteiger charge is 2.23. The Balaban J connectivity index is 1.95. The molecular formula is C24H28N+. The smallest absolute Gasteiger partial charge is 0.200 e. The van der Waals surface area contributed by atoms with Crippen molar-refractivity contribution < 1.29 is 4.57 Å². The predicted octanol–water partition coefficient (Wildman–Crippen LogP) is 5.86. The second-order valence-corrected chi connectivity index (χ2v) is 7.57. The van der Waals surface area contributed by atoms with Crippen LogP contribution in [0.4, 0.5) is 0 Å². The first-order chi connectivity index (χ1) is 12.2. The van der Waals surface area contributed by atoms with Gasteiger partial charge in [-0.15, -0.1) is 0 Å². The van der Waals surface area contributed by atoms with E-state index in [4.69, 9.17) is 0 Å². The number of aryl methyl sites for hydroxylation is 3. The summed E-state index contributed by atoms with van der Waals surface area (Å²) < 4.78 is 2.29. The number of hydrogen-bond donors (Lipinski definition) is 0. The van der Waals surface area contributed by atoms with E-state index in [9.17, 15) is 0 Å². The van der Waals surface area contributed by atoms with Crippen LogP contribution in [-0.4, -0.2) is 0 Å². The minimum atomic E-state index is 0.743. The lowest BCUT2D eigenvalue weighted by molar-refractivity contribution is -0.659.